The van der Waals surface area contributed by atoms with E-state index >= 15 is 0 Å². The summed E-state index contributed by atoms with van der Waals surface area (Å²) < 4.78 is 6.23. The molecule has 2 aromatic carbocycles. The zero-order chi connectivity index (χ0) is 13.1. The van der Waals surface area contributed by atoms with E-state index < -0.39 is 0 Å². The fraction of sp³-hybridized carbons (Fsp3) is 0.294. The molecule has 1 unspecified atom stereocenters. The zero-order valence-corrected chi connectivity index (χ0v) is 11.0. The zero-order valence-electron chi connectivity index (χ0n) is 11.0. The van der Waals surface area contributed by atoms with E-state index in [4.69, 9.17) is 10.5 Å². The molecule has 0 saturated carbocycles. The third-order valence-corrected chi connectivity index (χ3v) is 3.73. The first-order valence-electron chi connectivity index (χ1n) is 6.91. The minimum atomic E-state index is 0.190. The van der Waals surface area contributed by atoms with Gasteiger partial charge in [0, 0.05) is 0 Å². The van der Waals surface area contributed by atoms with Gasteiger partial charge in [0.1, 0.15) is 11.9 Å². The van der Waals surface area contributed by atoms with Crippen LogP contribution in [0.25, 0.3) is 0 Å². The van der Waals surface area contributed by atoms with Crippen molar-refractivity contribution >= 4 is 0 Å². The summed E-state index contributed by atoms with van der Waals surface area (Å²) in [6, 6.07) is 16.8. The van der Waals surface area contributed by atoms with Crippen molar-refractivity contribution in [1.82, 2.24) is 0 Å². The van der Waals surface area contributed by atoms with Crippen LogP contribution >= 0.6 is 0 Å². The number of hydrogen-bond acceptors (Lipinski definition) is 2. The standard InChI is InChI=1S/C17H19NO/c18-12-11-14-6-2-4-8-16(14)19-17-10-9-13-5-1-3-7-15(13)17/h1-8,17H,9-12,18H2. The van der Waals surface area contributed by atoms with E-state index in [0.29, 0.717) is 6.54 Å². The molecule has 0 aliphatic heterocycles. The molecule has 1 aliphatic carbocycles. The predicted octanol–water partition coefficient (Wildman–Crippen LogP) is 3.25. The number of hydrogen-bond donors (Lipinski definition) is 1. The maximum absolute atomic E-state index is 6.23. The summed E-state index contributed by atoms with van der Waals surface area (Å²) >= 11 is 0. The number of ether oxygens (including phenoxy) is 1. The highest BCUT2D eigenvalue weighted by atomic mass is 16.5. The van der Waals surface area contributed by atoms with Crippen LogP contribution in [0.1, 0.15) is 29.2 Å². The maximum atomic E-state index is 6.23. The van der Waals surface area contributed by atoms with Crippen molar-refractivity contribution in [2.45, 2.75) is 25.4 Å². The Morgan fingerprint density at radius 3 is 2.74 bits per heavy atom. The Labute approximate surface area is 114 Å². The van der Waals surface area contributed by atoms with Gasteiger partial charge in [-0.1, -0.05) is 42.5 Å². The van der Waals surface area contributed by atoms with Crippen LogP contribution in [0, 0.1) is 0 Å². The molecule has 2 N–H and O–H groups in total. The van der Waals surface area contributed by atoms with Gasteiger partial charge in [0.25, 0.3) is 0 Å². The number of rotatable bonds is 4. The van der Waals surface area contributed by atoms with Gasteiger partial charge in [0.15, 0.2) is 0 Å². The van der Waals surface area contributed by atoms with Crippen molar-refractivity contribution in [2.24, 2.45) is 5.73 Å². The van der Waals surface area contributed by atoms with E-state index in [0.717, 1.165) is 25.0 Å². The van der Waals surface area contributed by atoms with E-state index in [9.17, 15) is 0 Å². The van der Waals surface area contributed by atoms with Crippen LogP contribution in [0.2, 0.25) is 0 Å². The second kappa shape index (κ2) is 5.45. The molecule has 2 aromatic rings. The summed E-state index contributed by atoms with van der Waals surface area (Å²) in [5.41, 5.74) is 9.62. The van der Waals surface area contributed by atoms with Crippen LogP contribution in [0.3, 0.4) is 0 Å². The molecule has 0 heterocycles. The molecule has 2 heteroatoms. The highest BCUT2D eigenvalue weighted by Crippen LogP contribution is 2.35. The number of nitrogens with two attached hydrogens (primary N) is 1. The lowest BCUT2D eigenvalue weighted by Crippen LogP contribution is -2.08. The molecule has 19 heavy (non-hydrogen) atoms. The Morgan fingerprint density at radius 1 is 1.05 bits per heavy atom. The third kappa shape index (κ3) is 2.49. The average Bonchev–Trinajstić information content (AvgIpc) is 2.85. The van der Waals surface area contributed by atoms with Crippen LogP contribution < -0.4 is 10.5 Å². The van der Waals surface area contributed by atoms with Gasteiger partial charge in [-0.2, -0.15) is 0 Å². The van der Waals surface area contributed by atoms with Gasteiger partial charge in [0.2, 0.25) is 0 Å². The maximum Gasteiger partial charge on any atom is 0.124 e. The SMILES string of the molecule is NCCc1ccccc1OC1CCc2ccccc21. The van der Waals surface area contributed by atoms with Gasteiger partial charge in [-0.25, -0.2) is 0 Å². The van der Waals surface area contributed by atoms with Gasteiger partial charge in [-0.15, -0.1) is 0 Å². The number of fused-ring (bicyclic) bond motifs is 1. The largest absolute Gasteiger partial charge is 0.485 e. The first-order chi connectivity index (χ1) is 9.38. The molecule has 0 spiro atoms. The minimum absolute atomic E-state index is 0.190. The van der Waals surface area contributed by atoms with Crippen LogP contribution in [-0.4, -0.2) is 6.54 Å². The molecule has 0 aromatic heterocycles. The molecule has 98 valence electrons. The molecule has 0 saturated heterocycles. The molecule has 0 bridgehead atoms. The van der Waals surface area contributed by atoms with Gasteiger partial charge in [-0.05, 0) is 48.6 Å². The Hall–Kier alpha value is -1.80. The van der Waals surface area contributed by atoms with E-state index in [1.807, 2.05) is 18.2 Å². The average molecular weight is 253 g/mol. The van der Waals surface area contributed by atoms with Crippen LogP contribution in [0.5, 0.6) is 5.75 Å². The van der Waals surface area contributed by atoms with Crippen molar-refractivity contribution in [3.8, 4) is 5.75 Å². The van der Waals surface area contributed by atoms with Crippen LogP contribution in [-0.2, 0) is 12.8 Å². The third-order valence-electron chi connectivity index (χ3n) is 3.73. The van der Waals surface area contributed by atoms with Crippen molar-refractivity contribution in [3.05, 3.63) is 65.2 Å². The molecule has 3 rings (SSSR count). The highest BCUT2D eigenvalue weighted by Gasteiger charge is 2.23. The Kier molecular flexibility index (Phi) is 3.51. The normalized spacial score (nSPS) is 17.2. The van der Waals surface area contributed by atoms with Crippen molar-refractivity contribution in [2.75, 3.05) is 6.54 Å². The van der Waals surface area contributed by atoms with Crippen molar-refractivity contribution in [1.29, 1.82) is 0 Å². The topological polar surface area (TPSA) is 35.2 Å². The molecule has 0 amide bonds. The summed E-state index contributed by atoms with van der Waals surface area (Å²) in [4.78, 5) is 0. The Bertz CT molecular complexity index is 565. The fourth-order valence-electron chi connectivity index (χ4n) is 2.77. The molecule has 0 fully saturated rings. The lowest BCUT2D eigenvalue weighted by molar-refractivity contribution is 0.205. The van der Waals surface area contributed by atoms with E-state index in [-0.39, 0.29) is 6.10 Å². The van der Waals surface area contributed by atoms with Crippen molar-refractivity contribution in [3.63, 3.8) is 0 Å². The summed E-state index contributed by atoms with van der Waals surface area (Å²) in [5, 5.41) is 0. The van der Waals surface area contributed by atoms with Gasteiger partial charge >= 0.3 is 0 Å². The Morgan fingerprint density at radius 2 is 1.84 bits per heavy atom. The first kappa shape index (κ1) is 12.2. The molecule has 2 nitrogen and oxygen atoms in total. The van der Waals surface area contributed by atoms with Crippen molar-refractivity contribution < 1.29 is 4.74 Å². The fourth-order valence-corrected chi connectivity index (χ4v) is 2.77. The minimum Gasteiger partial charge on any atom is -0.485 e. The quantitative estimate of drug-likeness (QED) is 0.907. The summed E-state index contributed by atoms with van der Waals surface area (Å²) in [6.45, 7) is 0.654. The molecule has 1 aliphatic rings. The van der Waals surface area contributed by atoms with E-state index in [1.54, 1.807) is 0 Å². The summed E-state index contributed by atoms with van der Waals surface area (Å²) in [5.74, 6) is 0.981. The summed E-state index contributed by atoms with van der Waals surface area (Å²) in [7, 11) is 0. The molecular weight excluding hydrogens is 234 g/mol. The van der Waals surface area contributed by atoms with Crippen LogP contribution in [0.4, 0.5) is 0 Å². The van der Waals surface area contributed by atoms with E-state index in [1.165, 1.54) is 16.7 Å². The van der Waals surface area contributed by atoms with Crippen LogP contribution in [0.15, 0.2) is 48.5 Å². The molecule has 1 atom stereocenters. The van der Waals surface area contributed by atoms with Gasteiger partial charge < -0.3 is 10.5 Å². The summed E-state index contributed by atoms with van der Waals surface area (Å²) in [6.07, 6.45) is 3.23. The molecule has 0 radical (unpaired) electrons. The van der Waals surface area contributed by atoms with E-state index in [2.05, 4.69) is 30.3 Å². The predicted molar refractivity (Wildman–Crippen MR) is 77.3 cm³/mol. The first-order valence-corrected chi connectivity index (χ1v) is 6.91. The highest BCUT2D eigenvalue weighted by molar-refractivity contribution is 5.37. The lowest BCUT2D eigenvalue weighted by Gasteiger charge is -2.17. The Balaban J connectivity index is 1.83. The number of para-hydroxylation sites is 1. The second-order valence-electron chi connectivity index (χ2n) is 4.99. The second-order valence-corrected chi connectivity index (χ2v) is 4.99. The van der Waals surface area contributed by atoms with Gasteiger partial charge in [-0.3, -0.25) is 0 Å². The number of benzene rings is 2. The smallest absolute Gasteiger partial charge is 0.124 e. The number of aryl methyl sites for hydroxylation is 1. The lowest BCUT2D eigenvalue weighted by atomic mass is 10.1. The molecular formula is C17H19NO. The van der Waals surface area contributed by atoms with Gasteiger partial charge in [0.05, 0.1) is 0 Å². The monoisotopic (exact) mass is 253 g/mol.